The van der Waals surface area contributed by atoms with E-state index in [0.29, 0.717) is 6.54 Å². The molecule has 0 radical (unpaired) electrons. The summed E-state index contributed by atoms with van der Waals surface area (Å²) in [7, 11) is 1.63. The topological polar surface area (TPSA) is 33.0 Å². The van der Waals surface area contributed by atoms with Crippen molar-refractivity contribution in [3.05, 3.63) is 30.6 Å². The van der Waals surface area contributed by atoms with Gasteiger partial charge in [-0.3, -0.25) is 4.79 Å². The number of amides is 1. The second-order valence-corrected chi connectivity index (χ2v) is 2.22. The third-order valence-electron chi connectivity index (χ3n) is 1.38. The molecule has 1 aromatic heterocycles. The number of hydrogen-bond donors (Lipinski definition) is 1. The second kappa shape index (κ2) is 3.71. The minimum absolute atomic E-state index is 0.0150. The van der Waals surface area contributed by atoms with E-state index in [1.54, 1.807) is 7.05 Å². The fourth-order valence-electron chi connectivity index (χ4n) is 0.785. The zero-order chi connectivity index (χ0) is 8.10. The maximum atomic E-state index is 10.8. The molecule has 0 aliphatic carbocycles. The number of likely N-dealkylation sites (N-methyl/N-ethyl adjacent to an activating group) is 1. The number of nitrogens with one attached hydrogen (secondary N) is 1. The third-order valence-corrected chi connectivity index (χ3v) is 1.38. The third kappa shape index (κ3) is 2.37. The Labute approximate surface area is 65.7 Å². The van der Waals surface area contributed by atoms with Gasteiger partial charge in [-0.2, -0.15) is 4.57 Å². The van der Waals surface area contributed by atoms with E-state index in [0.717, 1.165) is 0 Å². The maximum Gasteiger partial charge on any atom is 0.285 e. The van der Waals surface area contributed by atoms with Gasteiger partial charge in [-0.1, -0.05) is 6.07 Å². The summed E-state index contributed by atoms with van der Waals surface area (Å²) in [6, 6.07) is 5.70. The summed E-state index contributed by atoms with van der Waals surface area (Å²) in [4.78, 5) is 10.8. The van der Waals surface area contributed by atoms with E-state index in [4.69, 9.17) is 0 Å². The minimum atomic E-state index is 0.0150. The molecule has 1 aromatic rings. The van der Waals surface area contributed by atoms with Gasteiger partial charge in [-0.05, 0) is 0 Å². The van der Waals surface area contributed by atoms with Crippen molar-refractivity contribution in [2.75, 3.05) is 7.05 Å². The Balaban J connectivity index is 2.58. The number of carbonyl (C=O) groups is 1. The summed E-state index contributed by atoms with van der Waals surface area (Å²) in [5.41, 5.74) is 0. The molecule has 1 N–H and O–H groups in total. The molecule has 0 aliphatic rings. The van der Waals surface area contributed by atoms with Crippen LogP contribution in [0.25, 0.3) is 0 Å². The average molecular weight is 151 g/mol. The lowest BCUT2D eigenvalue weighted by molar-refractivity contribution is -0.684. The summed E-state index contributed by atoms with van der Waals surface area (Å²) in [5.74, 6) is 0.0150. The van der Waals surface area contributed by atoms with E-state index in [2.05, 4.69) is 5.32 Å². The lowest BCUT2D eigenvalue weighted by Crippen LogP contribution is -2.41. The molecule has 0 aromatic carbocycles. The molecule has 3 nitrogen and oxygen atoms in total. The second-order valence-electron chi connectivity index (χ2n) is 2.22. The highest BCUT2D eigenvalue weighted by Gasteiger charge is 2.03. The van der Waals surface area contributed by atoms with Crippen LogP contribution in [0.2, 0.25) is 0 Å². The van der Waals surface area contributed by atoms with Crippen molar-refractivity contribution in [2.45, 2.75) is 6.54 Å². The highest BCUT2D eigenvalue weighted by Crippen LogP contribution is 1.76. The molecular weight excluding hydrogens is 140 g/mol. The van der Waals surface area contributed by atoms with Crippen molar-refractivity contribution in [2.24, 2.45) is 0 Å². The lowest BCUT2D eigenvalue weighted by atomic mass is 10.4. The van der Waals surface area contributed by atoms with Gasteiger partial charge < -0.3 is 5.32 Å². The van der Waals surface area contributed by atoms with Crippen LogP contribution in [-0.2, 0) is 11.3 Å². The Morgan fingerprint density at radius 1 is 1.36 bits per heavy atom. The average Bonchev–Trinajstić information content (AvgIpc) is 2.06. The smallest absolute Gasteiger partial charge is 0.285 e. The first kappa shape index (κ1) is 7.72. The van der Waals surface area contributed by atoms with Crippen LogP contribution in [-0.4, -0.2) is 13.0 Å². The van der Waals surface area contributed by atoms with Crippen LogP contribution in [0, 0.1) is 0 Å². The quantitative estimate of drug-likeness (QED) is 0.579. The molecule has 1 heterocycles. The molecule has 3 heteroatoms. The molecule has 0 fully saturated rings. The van der Waals surface area contributed by atoms with Crippen molar-refractivity contribution in [1.29, 1.82) is 0 Å². The SMILES string of the molecule is CNC(=O)C[n+]1ccccc1. The van der Waals surface area contributed by atoms with E-state index in [1.807, 2.05) is 35.2 Å². The fourth-order valence-corrected chi connectivity index (χ4v) is 0.785. The van der Waals surface area contributed by atoms with Gasteiger partial charge >= 0.3 is 0 Å². The van der Waals surface area contributed by atoms with E-state index in [-0.39, 0.29) is 5.91 Å². The first-order valence-corrected chi connectivity index (χ1v) is 3.47. The summed E-state index contributed by atoms with van der Waals surface area (Å²) in [5, 5.41) is 2.55. The molecule has 0 atom stereocenters. The largest absolute Gasteiger partial charge is 0.354 e. The fraction of sp³-hybridized carbons (Fsp3) is 0.250. The van der Waals surface area contributed by atoms with Crippen LogP contribution in [0.5, 0.6) is 0 Å². The molecule has 0 saturated carbocycles. The van der Waals surface area contributed by atoms with Gasteiger partial charge in [0.2, 0.25) is 6.54 Å². The molecule has 0 spiro atoms. The molecule has 58 valence electrons. The standard InChI is InChI=1S/C8H10N2O/c1-9-8(11)7-10-5-3-2-4-6-10/h2-6H,7H2,1H3/p+1. The Bertz CT molecular complexity index is 233. The summed E-state index contributed by atoms with van der Waals surface area (Å²) in [6.45, 7) is 0.386. The van der Waals surface area contributed by atoms with Crippen LogP contribution >= 0.6 is 0 Å². The molecular formula is C8H11N2O+. The predicted molar refractivity (Wildman–Crippen MR) is 40.7 cm³/mol. The molecule has 11 heavy (non-hydrogen) atoms. The number of nitrogens with zero attached hydrogens (tertiary/aromatic N) is 1. The summed E-state index contributed by atoms with van der Waals surface area (Å²) in [6.07, 6.45) is 3.71. The highest BCUT2D eigenvalue weighted by molar-refractivity contribution is 5.73. The van der Waals surface area contributed by atoms with E-state index in [1.165, 1.54) is 0 Å². The lowest BCUT2D eigenvalue weighted by Gasteiger charge is -1.93. The zero-order valence-electron chi connectivity index (χ0n) is 6.45. The van der Waals surface area contributed by atoms with Gasteiger partial charge in [-0.15, -0.1) is 0 Å². The zero-order valence-corrected chi connectivity index (χ0v) is 6.45. The molecule has 0 bridgehead atoms. The Morgan fingerprint density at radius 2 is 2.00 bits per heavy atom. The number of pyridine rings is 1. The number of aromatic nitrogens is 1. The minimum Gasteiger partial charge on any atom is -0.354 e. The van der Waals surface area contributed by atoms with Crippen molar-refractivity contribution in [3.63, 3.8) is 0 Å². The van der Waals surface area contributed by atoms with Gasteiger partial charge in [0, 0.05) is 19.2 Å². The van der Waals surface area contributed by atoms with E-state index < -0.39 is 0 Å². The van der Waals surface area contributed by atoms with Gasteiger partial charge in [0.15, 0.2) is 12.4 Å². The molecule has 1 amide bonds. The first-order chi connectivity index (χ1) is 5.33. The maximum absolute atomic E-state index is 10.8. The normalized spacial score (nSPS) is 9.18. The van der Waals surface area contributed by atoms with Crippen molar-refractivity contribution < 1.29 is 9.36 Å². The van der Waals surface area contributed by atoms with Crippen LogP contribution in [0.15, 0.2) is 30.6 Å². The molecule has 0 unspecified atom stereocenters. The summed E-state index contributed by atoms with van der Waals surface area (Å²) >= 11 is 0. The molecule has 0 saturated heterocycles. The van der Waals surface area contributed by atoms with Gasteiger partial charge in [0.05, 0.1) is 0 Å². The van der Waals surface area contributed by atoms with Crippen LogP contribution in [0.3, 0.4) is 0 Å². The number of rotatable bonds is 2. The van der Waals surface area contributed by atoms with Crippen LogP contribution in [0.4, 0.5) is 0 Å². The molecule has 0 aliphatic heterocycles. The van der Waals surface area contributed by atoms with E-state index >= 15 is 0 Å². The van der Waals surface area contributed by atoms with Gasteiger partial charge in [0.25, 0.3) is 5.91 Å². The number of carbonyl (C=O) groups excluding carboxylic acids is 1. The Hall–Kier alpha value is -1.38. The van der Waals surface area contributed by atoms with E-state index in [9.17, 15) is 4.79 Å². The van der Waals surface area contributed by atoms with Crippen molar-refractivity contribution >= 4 is 5.91 Å². The van der Waals surface area contributed by atoms with Crippen molar-refractivity contribution in [1.82, 2.24) is 5.32 Å². The summed E-state index contributed by atoms with van der Waals surface area (Å²) < 4.78 is 1.82. The highest BCUT2D eigenvalue weighted by atomic mass is 16.1. The van der Waals surface area contributed by atoms with Gasteiger partial charge in [0.1, 0.15) is 0 Å². The molecule has 1 rings (SSSR count). The van der Waals surface area contributed by atoms with Crippen molar-refractivity contribution in [3.8, 4) is 0 Å². The number of hydrogen-bond acceptors (Lipinski definition) is 1. The monoisotopic (exact) mass is 151 g/mol. The first-order valence-electron chi connectivity index (χ1n) is 3.47. The predicted octanol–water partition coefficient (Wildman–Crippen LogP) is -0.280. The Kier molecular flexibility index (Phi) is 2.60. The van der Waals surface area contributed by atoms with Crippen LogP contribution in [0.1, 0.15) is 0 Å². The Morgan fingerprint density at radius 3 is 2.55 bits per heavy atom. The van der Waals surface area contributed by atoms with Crippen LogP contribution < -0.4 is 9.88 Å². The van der Waals surface area contributed by atoms with Gasteiger partial charge in [-0.25, -0.2) is 0 Å².